The third kappa shape index (κ3) is 11.4. The predicted octanol–water partition coefficient (Wildman–Crippen LogP) is 11.3. The summed E-state index contributed by atoms with van der Waals surface area (Å²) in [7, 11) is 0. The molecule has 45 heavy (non-hydrogen) atoms. The maximum Gasteiger partial charge on any atom is 0.0541 e. The highest BCUT2D eigenvalue weighted by Crippen LogP contribution is 2.28. The van der Waals surface area contributed by atoms with E-state index in [1.807, 2.05) is 0 Å². The summed E-state index contributed by atoms with van der Waals surface area (Å²) < 4.78 is 0. The van der Waals surface area contributed by atoms with Crippen molar-refractivity contribution in [2.75, 3.05) is 39.7 Å². The van der Waals surface area contributed by atoms with E-state index in [1.54, 1.807) is 0 Å². The highest BCUT2D eigenvalue weighted by atomic mass is 15.4. The highest BCUT2D eigenvalue weighted by molar-refractivity contribution is 5.69. The Morgan fingerprint density at radius 1 is 0.578 bits per heavy atom. The Kier molecular flexibility index (Phi) is 12.6. The molecular formula is C40H55N5. The second-order valence-corrected chi connectivity index (χ2v) is 13.6. The number of aryl methyl sites for hydroxylation is 1. The molecule has 0 aliphatic rings. The first-order chi connectivity index (χ1) is 21.7. The third-order valence-electron chi connectivity index (χ3n) is 8.10. The molecular weight excluding hydrogens is 550 g/mol. The van der Waals surface area contributed by atoms with Crippen LogP contribution in [0.3, 0.4) is 0 Å². The van der Waals surface area contributed by atoms with Crippen molar-refractivity contribution in [2.45, 2.75) is 80.1 Å². The van der Waals surface area contributed by atoms with Crippen molar-refractivity contribution >= 4 is 28.4 Å². The Labute approximate surface area is 272 Å². The summed E-state index contributed by atoms with van der Waals surface area (Å²) in [5.41, 5.74) is 22.9. The first-order valence-corrected chi connectivity index (χ1v) is 16.9. The zero-order valence-electron chi connectivity index (χ0n) is 28.4. The molecule has 0 aliphatic carbocycles. The van der Waals surface area contributed by atoms with Crippen LogP contribution in [0, 0.1) is 11.3 Å². The first-order valence-electron chi connectivity index (χ1n) is 16.9. The van der Waals surface area contributed by atoms with E-state index in [-0.39, 0.29) is 0 Å². The van der Waals surface area contributed by atoms with E-state index in [0.717, 1.165) is 61.0 Å². The molecule has 240 valence electrons. The van der Waals surface area contributed by atoms with Crippen molar-refractivity contribution in [3.05, 3.63) is 103 Å². The van der Waals surface area contributed by atoms with Gasteiger partial charge in [0.1, 0.15) is 0 Å². The number of hydrogen-bond acceptors (Lipinski definition) is 5. The van der Waals surface area contributed by atoms with Gasteiger partial charge in [0.2, 0.25) is 0 Å². The van der Waals surface area contributed by atoms with Gasteiger partial charge < -0.3 is 26.6 Å². The van der Waals surface area contributed by atoms with Crippen molar-refractivity contribution < 1.29 is 0 Å². The summed E-state index contributed by atoms with van der Waals surface area (Å²) in [5, 5.41) is 0. The minimum absolute atomic E-state index is 0.417. The smallest absolute Gasteiger partial charge is 0.0541 e. The van der Waals surface area contributed by atoms with Gasteiger partial charge in [0.15, 0.2) is 0 Å². The Morgan fingerprint density at radius 3 is 1.38 bits per heavy atom. The lowest BCUT2D eigenvalue weighted by Crippen LogP contribution is -2.24. The van der Waals surface area contributed by atoms with Crippen molar-refractivity contribution in [3.63, 3.8) is 0 Å². The molecule has 5 heteroatoms. The molecule has 4 aromatic rings. The summed E-state index contributed by atoms with van der Waals surface area (Å²) >= 11 is 0. The molecule has 5 nitrogen and oxygen atoms in total. The summed E-state index contributed by atoms with van der Waals surface area (Å²) in [4.78, 5) is 2.45. The zero-order chi connectivity index (χ0) is 32.1. The number of nitrogens with zero attached hydrogens (tertiary/aromatic N) is 1. The fourth-order valence-corrected chi connectivity index (χ4v) is 6.00. The van der Waals surface area contributed by atoms with E-state index in [9.17, 15) is 0 Å². The Balaban J connectivity index is 1.20. The first kappa shape index (κ1) is 33.8. The average molecular weight is 606 g/mol. The SMILES string of the molecule is CCCN(CCC)c1ccc(NNc2ccc(-c3ccc(NNc4ccc(CCCC(C)CC(C)(C)C)cc4)cc3)cc2)cc1. The van der Waals surface area contributed by atoms with Crippen molar-refractivity contribution in [2.24, 2.45) is 11.3 Å². The van der Waals surface area contributed by atoms with Crippen LogP contribution in [0.1, 0.15) is 79.2 Å². The molecule has 1 unspecified atom stereocenters. The van der Waals surface area contributed by atoms with Crippen LogP contribution in [0.4, 0.5) is 28.4 Å². The maximum absolute atomic E-state index is 3.33. The van der Waals surface area contributed by atoms with E-state index < -0.39 is 0 Å². The van der Waals surface area contributed by atoms with Crippen LogP contribution in [0.15, 0.2) is 97.1 Å². The summed E-state index contributed by atoms with van der Waals surface area (Å²) in [5.74, 6) is 0.779. The fraction of sp³-hybridized carbons (Fsp3) is 0.400. The predicted molar refractivity (Wildman–Crippen MR) is 198 cm³/mol. The van der Waals surface area contributed by atoms with Gasteiger partial charge in [-0.2, -0.15) is 0 Å². The van der Waals surface area contributed by atoms with Crippen LogP contribution in [-0.2, 0) is 6.42 Å². The third-order valence-corrected chi connectivity index (χ3v) is 8.10. The van der Waals surface area contributed by atoms with Crippen molar-refractivity contribution in [1.29, 1.82) is 0 Å². The van der Waals surface area contributed by atoms with Gasteiger partial charge in [0.25, 0.3) is 0 Å². The molecule has 0 amide bonds. The monoisotopic (exact) mass is 605 g/mol. The second-order valence-electron chi connectivity index (χ2n) is 13.6. The molecule has 4 rings (SSSR count). The Hall–Kier alpha value is -4.12. The van der Waals surface area contributed by atoms with E-state index in [1.165, 1.54) is 41.6 Å². The summed E-state index contributed by atoms with van der Waals surface area (Å²) in [6.45, 7) is 16.0. The van der Waals surface area contributed by atoms with Gasteiger partial charge in [-0.05, 0) is 121 Å². The molecule has 0 aliphatic heterocycles. The van der Waals surface area contributed by atoms with Crippen LogP contribution in [0.5, 0.6) is 0 Å². The van der Waals surface area contributed by atoms with Crippen LogP contribution >= 0.6 is 0 Å². The van der Waals surface area contributed by atoms with E-state index >= 15 is 0 Å². The minimum atomic E-state index is 0.417. The lowest BCUT2D eigenvalue weighted by molar-refractivity contribution is 0.293. The van der Waals surface area contributed by atoms with Gasteiger partial charge in [0, 0.05) is 18.8 Å². The average Bonchev–Trinajstić information content (AvgIpc) is 3.03. The van der Waals surface area contributed by atoms with Gasteiger partial charge in [-0.3, -0.25) is 0 Å². The number of hydrogen-bond donors (Lipinski definition) is 4. The molecule has 0 spiro atoms. The van der Waals surface area contributed by atoms with Gasteiger partial charge >= 0.3 is 0 Å². The summed E-state index contributed by atoms with van der Waals surface area (Å²) in [6, 6.07) is 34.4. The standard InChI is InChI=1S/C40H55N5/c1-7-28-45(29-8-2)39-26-24-38(25-27-39)44-43-37-22-16-34(17-23-37)33-14-20-36(21-15-33)42-41-35-18-12-32(13-19-35)11-9-10-31(3)30-40(4,5)6/h12-27,31,41-44H,7-11,28-30H2,1-6H3. The fourth-order valence-electron chi connectivity index (χ4n) is 6.00. The van der Waals surface area contributed by atoms with Crippen LogP contribution in [0.2, 0.25) is 0 Å². The molecule has 1 atom stereocenters. The molecule has 4 aromatic carbocycles. The van der Waals surface area contributed by atoms with Crippen LogP contribution in [0.25, 0.3) is 11.1 Å². The number of hydrazine groups is 2. The minimum Gasteiger partial charge on any atom is -0.372 e. The van der Waals surface area contributed by atoms with Crippen molar-refractivity contribution in [1.82, 2.24) is 0 Å². The molecule has 4 N–H and O–H groups in total. The topological polar surface area (TPSA) is 51.4 Å². The molecule has 0 bridgehead atoms. The maximum atomic E-state index is 3.33. The largest absolute Gasteiger partial charge is 0.372 e. The van der Waals surface area contributed by atoms with Gasteiger partial charge in [-0.1, -0.05) is 84.4 Å². The molecule has 0 saturated heterocycles. The lowest BCUT2D eigenvalue weighted by Gasteiger charge is -2.24. The number of nitrogens with one attached hydrogen (secondary N) is 4. The van der Waals surface area contributed by atoms with E-state index in [4.69, 9.17) is 0 Å². The second kappa shape index (κ2) is 16.8. The van der Waals surface area contributed by atoms with E-state index in [0.29, 0.717) is 5.41 Å². The zero-order valence-corrected chi connectivity index (χ0v) is 28.4. The summed E-state index contributed by atoms with van der Waals surface area (Å²) in [6.07, 6.45) is 7.28. The van der Waals surface area contributed by atoms with E-state index in [2.05, 4.69) is 165 Å². The molecule has 0 fully saturated rings. The van der Waals surface area contributed by atoms with Crippen LogP contribution in [-0.4, -0.2) is 13.1 Å². The lowest BCUT2D eigenvalue weighted by atomic mass is 9.83. The Bertz CT molecular complexity index is 1380. The molecule has 0 radical (unpaired) electrons. The van der Waals surface area contributed by atoms with Gasteiger partial charge in [-0.15, -0.1) is 0 Å². The number of benzene rings is 4. The van der Waals surface area contributed by atoms with Gasteiger partial charge in [0.05, 0.1) is 22.7 Å². The molecule has 0 heterocycles. The number of anilines is 5. The normalized spacial score (nSPS) is 12.0. The Morgan fingerprint density at radius 2 is 0.978 bits per heavy atom. The van der Waals surface area contributed by atoms with Crippen LogP contribution < -0.4 is 26.6 Å². The molecule has 0 saturated carbocycles. The quantitative estimate of drug-likeness (QED) is 0.0902. The van der Waals surface area contributed by atoms with Crippen molar-refractivity contribution in [3.8, 4) is 11.1 Å². The molecule has 0 aromatic heterocycles. The van der Waals surface area contributed by atoms with Gasteiger partial charge in [-0.25, -0.2) is 0 Å². The number of rotatable bonds is 17. The highest BCUT2D eigenvalue weighted by Gasteiger charge is 2.14.